The van der Waals surface area contributed by atoms with Crippen molar-refractivity contribution in [3.8, 4) is 0 Å². The minimum absolute atomic E-state index is 0.652. The molecule has 0 amide bonds. The van der Waals surface area contributed by atoms with Crippen molar-refractivity contribution in [1.29, 1.82) is 0 Å². The smallest absolute Gasteiger partial charge is 0.329 e. The molecule has 0 saturated heterocycles. The van der Waals surface area contributed by atoms with Crippen LogP contribution in [0.15, 0.2) is 30.5 Å². The summed E-state index contributed by atoms with van der Waals surface area (Å²) in [4.78, 5) is 11.7. The largest absolute Gasteiger partial charge is 0.480 e. The maximum Gasteiger partial charge on any atom is 0.329 e. The molecule has 1 aromatic heterocycles. The Labute approximate surface area is 117 Å². The van der Waals surface area contributed by atoms with Crippen molar-refractivity contribution < 1.29 is 9.90 Å². The lowest BCUT2D eigenvalue weighted by molar-refractivity contribution is -0.143. The SMILES string of the molecule is O=C(O)C1(Nc2cnnc3ccccc23)CCCCC1. The van der Waals surface area contributed by atoms with E-state index in [0.717, 1.165) is 35.9 Å². The molecule has 1 aliphatic carbocycles. The van der Waals surface area contributed by atoms with Crippen LogP contribution in [0.3, 0.4) is 0 Å². The van der Waals surface area contributed by atoms with Gasteiger partial charge in [0.2, 0.25) is 0 Å². The van der Waals surface area contributed by atoms with Crippen molar-refractivity contribution in [2.24, 2.45) is 0 Å². The first-order chi connectivity index (χ1) is 9.71. The minimum Gasteiger partial charge on any atom is -0.480 e. The molecule has 0 unspecified atom stereocenters. The van der Waals surface area contributed by atoms with Gasteiger partial charge < -0.3 is 10.4 Å². The van der Waals surface area contributed by atoms with Gasteiger partial charge >= 0.3 is 5.97 Å². The van der Waals surface area contributed by atoms with Gasteiger partial charge in [0.15, 0.2) is 0 Å². The van der Waals surface area contributed by atoms with Crippen LogP contribution in [0.4, 0.5) is 5.69 Å². The zero-order valence-corrected chi connectivity index (χ0v) is 11.2. The van der Waals surface area contributed by atoms with Crippen LogP contribution in [-0.4, -0.2) is 26.8 Å². The molecule has 3 rings (SSSR count). The van der Waals surface area contributed by atoms with Crippen molar-refractivity contribution in [2.75, 3.05) is 5.32 Å². The van der Waals surface area contributed by atoms with Crippen LogP contribution in [0.1, 0.15) is 32.1 Å². The van der Waals surface area contributed by atoms with Gasteiger partial charge in [0.25, 0.3) is 0 Å². The van der Waals surface area contributed by atoms with E-state index in [1.165, 1.54) is 0 Å². The van der Waals surface area contributed by atoms with Crippen LogP contribution < -0.4 is 5.32 Å². The van der Waals surface area contributed by atoms with Gasteiger partial charge in [0.1, 0.15) is 5.54 Å². The topological polar surface area (TPSA) is 75.1 Å². The second-order valence-electron chi connectivity index (χ2n) is 5.35. The molecular weight excluding hydrogens is 254 g/mol. The summed E-state index contributed by atoms with van der Waals surface area (Å²) >= 11 is 0. The van der Waals surface area contributed by atoms with E-state index in [2.05, 4.69) is 15.5 Å². The fourth-order valence-corrected chi connectivity index (χ4v) is 2.91. The molecule has 0 spiro atoms. The van der Waals surface area contributed by atoms with Crippen molar-refractivity contribution in [2.45, 2.75) is 37.6 Å². The number of hydrogen-bond donors (Lipinski definition) is 2. The first-order valence-electron chi connectivity index (χ1n) is 6.93. The Hall–Kier alpha value is -2.17. The Morgan fingerprint density at radius 2 is 1.95 bits per heavy atom. The van der Waals surface area contributed by atoms with Gasteiger partial charge in [-0.2, -0.15) is 10.2 Å². The molecule has 5 heteroatoms. The van der Waals surface area contributed by atoms with Gasteiger partial charge in [-0.15, -0.1) is 0 Å². The van der Waals surface area contributed by atoms with Gasteiger partial charge in [-0.3, -0.25) is 0 Å². The molecule has 0 atom stereocenters. The summed E-state index contributed by atoms with van der Waals surface area (Å²) in [6.07, 6.45) is 5.90. The molecule has 0 radical (unpaired) electrons. The van der Waals surface area contributed by atoms with E-state index in [0.29, 0.717) is 12.8 Å². The molecule has 1 fully saturated rings. The number of nitrogens with zero attached hydrogens (tertiary/aromatic N) is 2. The lowest BCUT2D eigenvalue weighted by atomic mass is 9.81. The fraction of sp³-hybridized carbons (Fsp3) is 0.400. The van der Waals surface area contributed by atoms with Crippen LogP contribution in [0.2, 0.25) is 0 Å². The molecule has 1 aliphatic rings. The highest BCUT2D eigenvalue weighted by Crippen LogP contribution is 2.33. The summed E-state index contributed by atoms with van der Waals surface area (Å²) in [6, 6.07) is 7.63. The first-order valence-corrected chi connectivity index (χ1v) is 6.93. The minimum atomic E-state index is -0.871. The van der Waals surface area contributed by atoms with E-state index in [-0.39, 0.29) is 0 Å². The fourth-order valence-electron chi connectivity index (χ4n) is 2.91. The average Bonchev–Trinajstić information content (AvgIpc) is 2.48. The zero-order valence-electron chi connectivity index (χ0n) is 11.2. The van der Waals surface area contributed by atoms with Crippen molar-refractivity contribution >= 4 is 22.6 Å². The molecule has 1 aromatic carbocycles. The predicted molar refractivity (Wildman–Crippen MR) is 76.6 cm³/mol. The molecule has 1 saturated carbocycles. The summed E-state index contributed by atoms with van der Waals surface area (Å²) in [5.41, 5.74) is 0.651. The lowest BCUT2D eigenvalue weighted by Gasteiger charge is -2.35. The Balaban J connectivity index is 2.00. The van der Waals surface area contributed by atoms with Gasteiger partial charge in [-0.1, -0.05) is 37.5 Å². The van der Waals surface area contributed by atoms with Gasteiger partial charge in [-0.05, 0) is 18.9 Å². The van der Waals surface area contributed by atoms with Crippen LogP contribution >= 0.6 is 0 Å². The number of hydrogen-bond acceptors (Lipinski definition) is 4. The third kappa shape index (κ3) is 2.19. The van der Waals surface area contributed by atoms with Gasteiger partial charge in [0.05, 0.1) is 17.4 Å². The number of nitrogens with one attached hydrogen (secondary N) is 1. The number of fused-ring (bicyclic) bond motifs is 1. The maximum atomic E-state index is 11.7. The van der Waals surface area contributed by atoms with E-state index >= 15 is 0 Å². The number of benzene rings is 1. The number of rotatable bonds is 3. The normalized spacial score (nSPS) is 17.8. The molecule has 0 bridgehead atoms. The molecule has 104 valence electrons. The van der Waals surface area contributed by atoms with Crippen molar-refractivity contribution in [3.63, 3.8) is 0 Å². The Kier molecular flexibility index (Phi) is 3.26. The van der Waals surface area contributed by atoms with Crippen LogP contribution in [0.25, 0.3) is 10.9 Å². The van der Waals surface area contributed by atoms with E-state index in [4.69, 9.17) is 0 Å². The predicted octanol–water partition coefficient (Wildman–Crippen LogP) is 2.83. The van der Waals surface area contributed by atoms with Crippen LogP contribution in [0.5, 0.6) is 0 Å². The molecule has 1 heterocycles. The quantitative estimate of drug-likeness (QED) is 0.897. The van der Waals surface area contributed by atoms with E-state index in [1.54, 1.807) is 6.20 Å². The van der Waals surface area contributed by atoms with Crippen LogP contribution in [0, 0.1) is 0 Å². The summed E-state index contributed by atoms with van der Waals surface area (Å²) in [7, 11) is 0. The highest BCUT2D eigenvalue weighted by Gasteiger charge is 2.39. The number of carbonyl (C=O) groups is 1. The molecule has 2 aromatic rings. The van der Waals surface area contributed by atoms with Gasteiger partial charge in [-0.25, -0.2) is 4.79 Å². The van der Waals surface area contributed by atoms with E-state index in [1.807, 2.05) is 24.3 Å². The second-order valence-corrected chi connectivity index (χ2v) is 5.35. The summed E-state index contributed by atoms with van der Waals surface area (Å²) in [6.45, 7) is 0. The molecule has 5 nitrogen and oxygen atoms in total. The number of carboxylic acid groups (broad SMARTS) is 1. The maximum absolute atomic E-state index is 11.7. The second kappa shape index (κ2) is 5.07. The number of anilines is 1. The molecular formula is C15H17N3O2. The van der Waals surface area contributed by atoms with Crippen molar-refractivity contribution in [1.82, 2.24) is 10.2 Å². The van der Waals surface area contributed by atoms with Crippen molar-refractivity contribution in [3.05, 3.63) is 30.5 Å². The monoisotopic (exact) mass is 271 g/mol. The lowest BCUT2D eigenvalue weighted by Crippen LogP contribution is -2.47. The Bertz CT molecular complexity index is 631. The third-order valence-electron chi connectivity index (χ3n) is 4.04. The standard InChI is InChI=1S/C15H17N3O2/c19-14(20)15(8-4-1-5-9-15)17-13-10-16-18-12-7-3-2-6-11(12)13/h2-3,6-7,10H,1,4-5,8-9H2,(H,17,18)(H,19,20). The van der Waals surface area contributed by atoms with Gasteiger partial charge in [0, 0.05) is 5.39 Å². The zero-order chi connectivity index (χ0) is 14.0. The molecule has 20 heavy (non-hydrogen) atoms. The number of carboxylic acids is 1. The highest BCUT2D eigenvalue weighted by atomic mass is 16.4. The summed E-state index contributed by atoms with van der Waals surface area (Å²) in [5, 5.41) is 21.8. The Morgan fingerprint density at radius 1 is 1.20 bits per heavy atom. The van der Waals surface area contributed by atoms with E-state index in [9.17, 15) is 9.90 Å². The number of aromatic nitrogens is 2. The first kappa shape index (κ1) is 12.8. The van der Waals surface area contributed by atoms with E-state index < -0.39 is 11.5 Å². The number of aliphatic carboxylic acids is 1. The summed E-state index contributed by atoms with van der Waals surface area (Å²) in [5.74, 6) is -0.780. The highest BCUT2D eigenvalue weighted by molar-refractivity contribution is 5.93. The molecule has 0 aliphatic heterocycles. The Morgan fingerprint density at radius 3 is 2.70 bits per heavy atom. The molecule has 2 N–H and O–H groups in total. The third-order valence-corrected chi connectivity index (χ3v) is 4.04. The van der Waals surface area contributed by atoms with Crippen LogP contribution in [-0.2, 0) is 4.79 Å². The summed E-state index contributed by atoms with van der Waals surface area (Å²) < 4.78 is 0. The average molecular weight is 271 g/mol.